The van der Waals surface area contributed by atoms with Gasteiger partial charge in [-0.3, -0.25) is 0 Å². The van der Waals surface area contributed by atoms with Gasteiger partial charge in [-0.1, -0.05) is 24.3 Å². The Kier molecular flexibility index (Phi) is 3.82. The molecule has 0 radical (unpaired) electrons. The number of aryl methyl sites for hydroxylation is 2. The summed E-state index contributed by atoms with van der Waals surface area (Å²) in [5.74, 6) is -0.302. The highest BCUT2D eigenvalue weighted by molar-refractivity contribution is 5.50. The molecule has 2 rings (SSSR count). The Bertz CT molecular complexity index is 609. The Morgan fingerprint density at radius 2 is 1.89 bits per heavy atom. The Morgan fingerprint density at radius 1 is 1.16 bits per heavy atom. The van der Waals surface area contributed by atoms with Crippen LogP contribution in [0.25, 0.3) is 0 Å². The molecule has 0 aromatic heterocycles. The molecule has 1 atom stereocenters. The average Bonchev–Trinajstić information content (AvgIpc) is 2.36. The number of rotatable bonds is 3. The van der Waals surface area contributed by atoms with Gasteiger partial charge in [0.05, 0.1) is 6.07 Å². The topological polar surface area (TPSA) is 35.8 Å². The minimum absolute atomic E-state index is 0.302. The van der Waals surface area contributed by atoms with Crippen molar-refractivity contribution < 1.29 is 4.39 Å². The first-order chi connectivity index (χ1) is 9.10. The molecular weight excluding hydrogens is 239 g/mol. The van der Waals surface area contributed by atoms with Crippen molar-refractivity contribution in [3.63, 3.8) is 0 Å². The molecule has 0 spiro atoms. The summed E-state index contributed by atoms with van der Waals surface area (Å²) in [6.45, 7) is 3.78. The summed E-state index contributed by atoms with van der Waals surface area (Å²) < 4.78 is 13.3. The van der Waals surface area contributed by atoms with E-state index in [2.05, 4.69) is 11.4 Å². The third-order valence-corrected chi connectivity index (χ3v) is 2.98. The van der Waals surface area contributed by atoms with E-state index in [-0.39, 0.29) is 5.82 Å². The molecule has 0 heterocycles. The second-order valence-corrected chi connectivity index (χ2v) is 4.58. The zero-order valence-corrected chi connectivity index (χ0v) is 10.9. The van der Waals surface area contributed by atoms with Crippen LogP contribution in [-0.4, -0.2) is 0 Å². The summed E-state index contributed by atoms with van der Waals surface area (Å²) in [4.78, 5) is 0. The summed E-state index contributed by atoms with van der Waals surface area (Å²) in [7, 11) is 0. The lowest BCUT2D eigenvalue weighted by molar-refractivity contribution is 0.627. The summed E-state index contributed by atoms with van der Waals surface area (Å²) in [5, 5.41) is 12.4. The van der Waals surface area contributed by atoms with Gasteiger partial charge in [-0.2, -0.15) is 5.26 Å². The molecule has 0 fully saturated rings. The molecule has 0 aliphatic carbocycles. The molecule has 19 heavy (non-hydrogen) atoms. The van der Waals surface area contributed by atoms with E-state index in [9.17, 15) is 9.65 Å². The van der Waals surface area contributed by atoms with Gasteiger partial charge in [-0.15, -0.1) is 0 Å². The third kappa shape index (κ3) is 3.11. The van der Waals surface area contributed by atoms with Crippen LogP contribution in [0.5, 0.6) is 0 Å². The van der Waals surface area contributed by atoms with Gasteiger partial charge in [0.15, 0.2) is 0 Å². The smallest absolute Gasteiger partial charge is 0.140 e. The number of hydrogen-bond acceptors (Lipinski definition) is 2. The largest absolute Gasteiger partial charge is 0.366 e. The number of anilines is 1. The number of hydrogen-bond donors (Lipinski definition) is 1. The van der Waals surface area contributed by atoms with Gasteiger partial charge in [-0.05, 0) is 48.7 Å². The molecule has 96 valence electrons. The van der Waals surface area contributed by atoms with Gasteiger partial charge in [-0.25, -0.2) is 4.39 Å². The highest BCUT2D eigenvalue weighted by atomic mass is 19.1. The fourth-order valence-electron chi connectivity index (χ4n) is 2.08. The summed E-state index contributed by atoms with van der Waals surface area (Å²) >= 11 is 0. The van der Waals surface area contributed by atoms with Crippen molar-refractivity contribution in [3.8, 4) is 6.07 Å². The molecule has 2 aromatic rings. The standard InChI is InChI=1S/C16H15FN2/c1-11-7-13(17)9-14(8-11)19-16(10-18)15-6-4-3-5-12(15)2/h3-9,16,19H,1-2H3. The quantitative estimate of drug-likeness (QED) is 0.894. The van der Waals surface area contributed by atoms with Crippen LogP contribution in [0.15, 0.2) is 42.5 Å². The molecule has 1 N–H and O–H groups in total. The van der Waals surface area contributed by atoms with Crippen LogP contribution in [0.4, 0.5) is 10.1 Å². The fraction of sp³-hybridized carbons (Fsp3) is 0.188. The van der Waals surface area contributed by atoms with Gasteiger partial charge >= 0.3 is 0 Å². The summed E-state index contributed by atoms with van der Waals surface area (Å²) in [6.07, 6.45) is 0. The van der Waals surface area contributed by atoms with E-state index in [0.717, 1.165) is 16.7 Å². The van der Waals surface area contributed by atoms with Crippen LogP contribution < -0.4 is 5.32 Å². The molecule has 0 bridgehead atoms. The minimum Gasteiger partial charge on any atom is -0.366 e. The summed E-state index contributed by atoms with van der Waals surface area (Å²) in [6, 6.07) is 14.1. The molecule has 0 aliphatic heterocycles. The number of halogens is 1. The van der Waals surface area contributed by atoms with E-state index < -0.39 is 6.04 Å². The highest BCUT2D eigenvalue weighted by Gasteiger charge is 2.12. The molecule has 2 nitrogen and oxygen atoms in total. The molecule has 2 aromatic carbocycles. The van der Waals surface area contributed by atoms with E-state index in [1.807, 2.05) is 44.2 Å². The lowest BCUT2D eigenvalue weighted by Gasteiger charge is -2.16. The monoisotopic (exact) mass is 254 g/mol. The molecule has 0 saturated heterocycles. The van der Waals surface area contributed by atoms with E-state index in [0.29, 0.717) is 5.69 Å². The third-order valence-electron chi connectivity index (χ3n) is 2.98. The molecule has 3 heteroatoms. The predicted octanol–water partition coefficient (Wildman–Crippen LogP) is 4.12. The van der Waals surface area contributed by atoms with E-state index in [1.165, 1.54) is 12.1 Å². The Labute approximate surface area is 112 Å². The van der Waals surface area contributed by atoms with Crippen molar-refractivity contribution in [2.24, 2.45) is 0 Å². The maximum atomic E-state index is 13.3. The normalized spacial score (nSPS) is 11.7. The predicted molar refractivity (Wildman–Crippen MR) is 74.3 cm³/mol. The number of nitrogens with one attached hydrogen (secondary N) is 1. The second kappa shape index (κ2) is 5.53. The van der Waals surface area contributed by atoms with Crippen LogP contribution in [-0.2, 0) is 0 Å². The van der Waals surface area contributed by atoms with Crippen molar-refractivity contribution >= 4 is 5.69 Å². The van der Waals surface area contributed by atoms with Gasteiger partial charge in [0, 0.05) is 5.69 Å². The van der Waals surface area contributed by atoms with Crippen molar-refractivity contribution in [1.82, 2.24) is 0 Å². The van der Waals surface area contributed by atoms with Crippen LogP contribution in [0.1, 0.15) is 22.7 Å². The Balaban J connectivity index is 2.30. The maximum absolute atomic E-state index is 13.3. The van der Waals surface area contributed by atoms with Gasteiger partial charge in [0.25, 0.3) is 0 Å². The first-order valence-electron chi connectivity index (χ1n) is 6.09. The SMILES string of the molecule is Cc1cc(F)cc(NC(C#N)c2ccccc2C)c1. The zero-order chi connectivity index (χ0) is 13.8. The lowest BCUT2D eigenvalue weighted by Crippen LogP contribution is -2.10. The lowest BCUT2D eigenvalue weighted by atomic mass is 10.0. The van der Waals surface area contributed by atoms with Crippen LogP contribution >= 0.6 is 0 Å². The van der Waals surface area contributed by atoms with Gasteiger partial charge in [0.1, 0.15) is 11.9 Å². The first kappa shape index (κ1) is 13.1. The number of nitriles is 1. The second-order valence-electron chi connectivity index (χ2n) is 4.58. The number of nitrogens with zero attached hydrogens (tertiary/aromatic N) is 1. The van der Waals surface area contributed by atoms with E-state index in [4.69, 9.17) is 0 Å². The maximum Gasteiger partial charge on any atom is 0.140 e. The Hall–Kier alpha value is -2.34. The van der Waals surface area contributed by atoms with E-state index in [1.54, 1.807) is 0 Å². The fourth-order valence-corrected chi connectivity index (χ4v) is 2.08. The van der Waals surface area contributed by atoms with Crippen molar-refractivity contribution in [2.45, 2.75) is 19.9 Å². The molecular formula is C16H15FN2. The zero-order valence-electron chi connectivity index (χ0n) is 10.9. The van der Waals surface area contributed by atoms with Crippen LogP contribution in [0.3, 0.4) is 0 Å². The van der Waals surface area contributed by atoms with Crippen molar-refractivity contribution in [3.05, 3.63) is 65.0 Å². The minimum atomic E-state index is -0.484. The molecule has 1 unspecified atom stereocenters. The first-order valence-corrected chi connectivity index (χ1v) is 6.09. The average molecular weight is 254 g/mol. The van der Waals surface area contributed by atoms with Crippen LogP contribution in [0, 0.1) is 31.0 Å². The van der Waals surface area contributed by atoms with Crippen LogP contribution in [0.2, 0.25) is 0 Å². The van der Waals surface area contributed by atoms with Gasteiger partial charge in [0.2, 0.25) is 0 Å². The molecule has 0 saturated carbocycles. The molecule has 0 aliphatic rings. The number of benzene rings is 2. The van der Waals surface area contributed by atoms with Crippen molar-refractivity contribution in [2.75, 3.05) is 5.32 Å². The Morgan fingerprint density at radius 3 is 2.53 bits per heavy atom. The highest BCUT2D eigenvalue weighted by Crippen LogP contribution is 2.23. The van der Waals surface area contributed by atoms with Crippen molar-refractivity contribution in [1.29, 1.82) is 5.26 Å². The molecule has 0 amide bonds. The van der Waals surface area contributed by atoms with E-state index >= 15 is 0 Å². The summed E-state index contributed by atoms with van der Waals surface area (Å²) in [5.41, 5.74) is 3.39. The van der Waals surface area contributed by atoms with Gasteiger partial charge < -0.3 is 5.32 Å².